The van der Waals surface area contributed by atoms with E-state index in [2.05, 4.69) is 10.4 Å². The molecule has 2 heterocycles. The Labute approximate surface area is 142 Å². The van der Waals surface area contributed by atoms with Gasteiger partial charge in [0.05, 0.1) is 5.69 Å². The number of piperidine rings is 1. The van der Waals surface area contributed by atoms with E-state index >= 15 is 0 Å². The van der Waals surface area contributed by atoms with Crippen LogP contribution in [0.4, 0.5) is 10.6 Å². The molecule has 1 aromatic heterocycles. The minimum absolute atomic E-state index is 0.107. The highest BCUT2D eigenvalue weighted by Gasteiger charge is 2.26. The summed E-state index contributed by atoms with van der Waals surface area (Å²) in [5.41, 5.74) is 2.01. The number of nitrogens with zero attached hydrogens (tertiary/aromatic N) is 3. The highest BCUT2D eigenvalue weighted by molar-refractivity contribution is 5.89. The summed E-state index contributed by atoms with van der Waals surface area (Å²) in [5, 5.41) is 16.5. The van der Waals surface area contributed by atoms with Crippen LogP contribution in [0.1, 0.15) is 25.7 Å². The number of nitrogens with one attached hydrogen (secondary N) is 1. The zero-order chi connectivity index (χ0) is 16.9. The number of likely N-dealkylation sites (tertiary alicyclic amines) is 1. The number of hydrogen-bond acceptors (Lipinski definition) is 3. The van der Waals surface area contributed by atoms with Crippen LogP contribution in [0.5, 0.6) is 0 Å². The van der Waals surface area contributed by atoms with Crippen LogP contribution in [0.15, 0.2) is 36.4 Å². The van der Waals surface area contributed by atoms with E-state index in [-0.39, 0.29) is 18.7 Å². The largest absolute Gasteiger partial charge is 0.396 e. The molecule has 3 rings (SSSR count). The lowest BCUT2D eigenvalue weighted by Gasteiger charge is -2.35. The Morgan fingerprint density at radius 1 is 1.33 bits per heavy atom. The van der Waals surface area contributed by atoms with Crippen LogP contribution in [0.25, 0.3) is 11.3 Å². The number of aliphatic hydroxyl groups is 1. The minimum Gasteiger partial charge on any atom is -0.396 e. The molecule has 6 heteroatoms. The van der Waals surface area contributed by atoms with E-state index in [1.54, 1.807) is 4.68 Å². The summed E-state index contributed by atoms with van der Waals surface area (Å²) >= 11 is 0. The SMILES string of the molecule is Cn1nc(NC(=O)N2CCCCC2CCO)cc1-c1ccccc1. The quantitative estimate of drug-likeness (QED) is 0.906. The standard InChI is InChI=1S/C18H24N4O2/c1-21-16(14-7-3-2-4-8-14)13-17(20-21)19-18(24)22-11-6-5-9-15(22)10-12-23/h2-4,7-8,13,15,23H,5-6,9-12H2,1H3,(H,19,20,24). The number of amides is 2. The maximum absolute atomic E-state index is 12.6. The Bertz CT molecular complexity index is 682. The van der Waals surface area contributed by atoms with Gasteiger partial charge in [0.25, 0.3) is 0 Å². The second kappa shape index (κ2) is 7.49. The summed E-state index contributed by atoms with van der Waals surface area (Å²) in [6.45, 7) is 0.838. The van der Waals surface area contributed by atoms with E-state index in [0.717, 1.165) is 37.1 Å². The van der Waals surface area contributed by atoms with Gasteiger partial charge in [-0.1, -0.05) is 30.3 Å². The first-order valence-corrected chi connectivity index (χ1v) is 8.47. The van der Waals surface area contributed by atoms with Gasteiger partial charge in [0.2, 0.25) is 0 Å². The van der Waals surface area contributed by atoms with Crippen LogP contribution in [-0.4, -0.2) is 45.0 Å². The summed E-state index contributed by atoms with van der Waals surface area (Å²) < 4.78 is 1.77. The topological polar surface area (TPSA) is 70.4 Å². The third-order valence-corrected chi connectivity index (χ3v) is 4.53. The molecule has 2 N–H and O–H groups in total. The van der Waals surface area contributed by atoms with Crippen LogP contribution in [0, 0.1) is 0 Å². The van der Waals surface area contributed by atoms with E-state index in [1.165, 1.54) is 0 Å². The van der Waals surface area contributed by atoms with Gasteiger partial charge >= 0.3 is 6.03 Å². The molecular weight excluding hydrogens is 304 g/mol. The average molecular weight is 328 g/mol. The maximum atomic E-state index is 12.6. The first-order chi connectivity index (χ1) is 11.7. The number of carbonyl (C=O) groups excluding carboxylic acids is 1. The number of aromatic nitrogens is 2. The number of hydrogen-bond donors (Lipinski definition) is 2. The van der Waals surface area contributed by atoms with Gasteiger partial charge < -0.3 is 10.0 Å². The molecule has 6 nitrogen and oxygen atoms in total. The van der Waals surface area contributed by atoms with Crippen molar-refractivity contribution in [1.29, 1.82) is 0 Å². The van der Waals surface area contributed by atoms with Gasteiger partial charge in [-0.25, -0.2) is 4.79 Å². The van der Waals surface area contributed by atoms with Crippen molar-refractivity contribution in [2.45, 2.75) is 31.7 Å². The molecular formula is C18H24N4O2. The van der Waals surface area contributed by atoms with Crippen LogP contribution < -0.4 is 5.32 Å². The fourth-order valence-electron chi connectivity index (χ4n) is 3.31. The molecule has 0 radical (unpaired) electrons. The second-order valence-corrected chi connectivity index (χ2v) is 6.19. The molecule has 1 saturated heterocycles. The van der Waals surface area contributed by atoms with Gasteiger partial charge in [0.1, 0.15) is 0 Å². The Morgan fingerprint density at radius 2 is 2.12 bits per heavy atom. The maximum Gasteiger partial charge on any atom is 0.323 e. The fourth-order valence-corrected chi connectivity index (χ4v) is 3.31. The molecule has 2 amide bonds. The van der Waals surface area contributed by atoms with Gasteiger partial charge in [-0.3, -0.25) is 10.00 Å². The summed E-state index contributed by atoms with van der Waals surface area (Å²) in [4.78, 5) is 14.4. The van der Waals surface area contributed by atoms with Crippen molar-refractivity contribution >= 4 is 11.8 Å². The first kappa shape index (κ1) is 16.5. The number of anilines is 1. The van der Waals surface area contributed by atoms with Crippen LogP contribution in [0.3, 0.4) is 0 Å². The van der Waals surface area contributed by atoms with E-state index in [4.69, 9.17) is 0 Å². The second-order valence-electron chi connectivity index (χ2n) is 6.19. The smallest absolute Gasteiger partial charge is 0.323 e. The normalized spacial score (nSPS) is 17.8. The molecule has 1 aromatic carbocycles. The number of urea groups is 1. The monoisotopic (exact) mass is 328 g/mol. The van der Waals surface area contributed by atoms with Gasteiger partial charge in [0.15, 0.2) is 5.82 Å². The number of benzene rings is 1. The lowest BCUT2D eigenvalue weighted by atomic mass is 10.0. The summed E-state index contributed by atoms with van der Waals surface area (Å²) in [6.07, 6.45) is 3.69. The Balaban J connectivity index is 1.73. The van der Waals surface area contributed by atoms with Gasteiger partial charge in [0, 0.05) is 32.3 Å². The van der Waals surface area contributed by atoms with Crippen LogP contribution in [-0.2, 0) is 7.05 Å². The Hall–Kier alpha value is -2.34. The highest BCUT2D eigenvalue weighted by atomic mass is 16.3. The van der Waals surface area contributed by atoms with Gasteiger partial charge in [-0.05, 0) is 31.2 Å². The van der Waals surface area contributed by atoms with E-state index in [1.807, 2.05) is 48.3 Å². The minimum atomic E-state index is -0.133. The number of aryl methyl sites for hydroxylation is 1. The molecule has 1 aliphatic heterocycles. The Morgan fingerprint density at radius 3 is 2.88 bits per heavy atom. The van der Waals surface area contributed by atoms with Gasteiger partial charge in [-0.2, -0.15) is 5.10 Å². The van der Waals surface area contributed by atoms with Crippen molar-refractivity contribution in [2.75, 3.05) is 18.5 Å². The fraction of sp³-hybridized carbons (Fsp3) is 0.444. The van der Waals surface area contributed by atoms with Crippen LogP contribution in [0.2, 0.25) is 0 Å². The molecule has 0 saturated carbocycles. The molecule has 0 bridgehead atoms. The molecule has 2 aromatic rings. The predicted octanol–water partition coefficient (Wildman–Crippen LogP) is 2.86. The molecule has 0 spiro atoms. The van der Waals surface area contributed by atoms with Gasteiger partial charge in [-0.15, -0.1) is 0 Å². The van der Waals surface area contributed by atoms with Crippen LogP contribution >= 0.6 is 0 Å². The molecule has 24 heavy (non-hydrogen) atoms. The van der Waals surface area contributed by atoms with Crippen molar-refractivity contribution in [3.63, 3.8) is 0 Å². The van der Waals surface area contributed by atoms with Crippen molar-refractivity contribution in [3.05, 3.63) is 36.4 Å². The first-order valence-electron chi connectivity index (χ1n) is 8.47. The summed E-state index contributed by atoms with van der Waals surface area (Å²) in [6, 6.07) is 11.8. The van der Waals surface area contributed by atoms with E-state index in [0.29, 0.717) is 12.2 Å². The van der Waals surface area contributed by atoms with Crippen molar-refractivity contribution in [3.8, 4) is 11.3 Å². The number of carbonyl (C=O) groups is 1. The predicted molar refractivity (Wildman–Crippen MR) is 93.7 cm³/mol. The van der Waals surface area contributed by atoms with Crippen molar-refractivity contribution < 1.29 is 9.90 Å². The zero-order valence-electron chi connectivity index (χ0n) is 14.0. The number of aliphatic hydroxyl groups excluding tert-OH is 1. The summed E-state index contributed by atoms with van der Waals surface area (Å²) in [5.74, 6) is 0.551. The lowest BCUT2D eigenvalue weighted by Crippen LogP contribution is -2.46. The Kier molecular flexibility index (Phi) is 5.15. The molecule has 0 aliphatic carbocycles. The third-order valence-electron chi connectivity index (χ3n) is 4.53. The molecule has 128 valence electrons. The number of rotatable bonds is 4. The molecule has 1 fully saturated rings. The lowest BCUT2D eigenvalue weighted by molar-refractivity contribution is 0.141. The van der Waals surface area contributed by atoms with E-state index in [9.17, 15) is 9.90 Å². The average Bonchev–Trinajstić information content (AvgIpc) is 2.96. The molecule has 1 aliphatic rings. The molecule has 1 unspecified atom stereocenters. The third kappa shape index (κ3) is 3.59. The molecule has 1 atom stereocenters. The van der Waals surface area contributed by atoms with Crippen molar-refractivity contribution in [1.82, 2.24) is 14.7 Å². The summed E-state index contributed by atoms with van der Waals surface area (Å²) in [7, 11) is 1.87. The van der Waals surface area contributed by atoms with Crippen molar-refractivity contribution in [2.24, 2.45) is 7.05 Å². The zero-order valence-corrected chi connectivity index (χ0v) is 14.0. The highest BCUT2D eigenvalue weighted by Crippen LogP contribution is 2.23. The van der Waals surface area contributed by atoms with E-state index < -0.39 is 0 Å².